The van der Waals surface area contributed by atoms with Crippen molar-refractivity contribution >= 4 is 44.2 Å². The first kappa shape index (κ1) is 23.1. The molecule has 170 valence electrons. The molecule has 0 aliphatic carbocycles. The number of phenolic OH excluding ortho intramolecular Hbond substituents is 1. The molecular formula is C22H22Cl2N2O5S. The Hall–Kier alpha value is -2.10. The van der Waals surface area contributed by atoms with E-state index in [0.717, 1.165) is 16.5 Å². The largest absolute Gasteiger partial charge is 0.508 e. The third kappa shape index (κ3) is 4.51. The highest BCUT2D eigenvalue weighted by atomic mass is 35.5. The molecule has 1 fully saturated rings. The maximum atomic E-state index is 13.0. The Bertz CT molecular complexity index is 1330. The first-order valence-electron chi connectivity index (χ1n) is 10.1. The second kappa shape index (κ2) is 9.03. The number of hydrogen-bond acceptors (Lipinski definition) is 6. The van der Waals surface area contributed by atoms with Crippen molar-refractivity contribution in [1.29, 1.82) is 0 Å². The summed E-state index contributed by atoms with van der Waals surface area (Å²) < 4.78 is 32.6. The SMILES string of the molecule is CCc1cc2c(CN3CCN(S(=O)(=O)c4ccc(Cl)c(Cl)c4)CC3)cc(=O)oc2cc1O. The molecule has 0 amide bonds. The van der Waals surface area contributed by atoms with Crippen LogP contribution in [0, 0.1) is 0 Å². The smallest absolute Gasteiger partial charge is 0.336 e. The van der Waals surface area contributed by atoms with Crippen molar-refractivity contribution in [1.82, 2.24) is 9.21 Å². The molecule has 4 rings (SSSR count). The molecule has 3 aromatic rings. The molecule has 0 radical (unpaired) electrons. The van der Waals surface area contributed by atoms with Gasteiger partial charge in [0.05, 0.1) is 14.9 Å². The van der Waals surface area contributed by atoms with Gasteiger partial charge in [0, 0.05) is 50.2 Å². The van der Waals surface area contributed by atoms with Crippen LogP contribution in [0.15, 0.2) is 50.5 Å². The summed E-state index contributed by atoms with van der Waals surface area (Å²) in [7, 11) is -3.68. The Morgan fingerprint density at radius 1 is 1.00 bits per heavy atom. The minimum absolute atomic E-state index is 0.0985. The second-order valence-electron chi connectivity index (χ2n) is 7.68. The molecule has 0 unspecified atom stereocenters. The lowest BCUT2D eigenvalue weighted by Crippen LogP contribution is -2.48. The third-order valence-electron chi connectivity index (χ3n) is 5.66. The molecule has 0 atom stereocenters. The predicted octanol–water partition coefficient (Wildman–Crippen LogP) is 3.87. The van der Waals surface area contributed by atoms with Crippen LogP contribution < -0.4 is 5.63 Å². The fourth-order valence-electron chi connectivity index (χ4n) is 3.88. The van der Waals surface area contributed by atoms with Gasteiger partial charge in [-0.25, -0.2) is 13.2 Å². The van der Waals surface area contributed by atoms with Crippen LogP contribution in [-0.4, -0.2) is 48.9 Å². The van der Waals surface area contributed by atoms with Gasteiger partial charge in [-0.1, -0.05) is 30.1 Å². The summed E-state index contributed by atoms with van der Waals surface area (Å²) in [4.78, 5) is 14.2. The van der Waals surface area contributed by atoms with Crippen LogP contribution in [-0.2, 0) is 23.0 Å². The van der Waals surface area contributed by atoms with E-state index in [9.17, 15) is 18.3 Å². The fourth-order valence-corrected chi connectivity index (χ4v) is 5.69. The molecule has 2 aromatic carbocycles. The lowest BCUT2D eigenvalue weighted by atomic mass is 10.0. The first-order valence-corrected chi connectivity index (χ1v) is 12.3. The van der Waals surface area contributed by atoms with Crippen molar-refractivity contribution in [3.05, 3.63) is 68.0 Å². The number of phenols is 1. The molecular weight excluding hydrogens is 475 g/mol. The molecule has 0 saturated carbocycles. The van der Waals surface area contributed by atoms with Gasteiger partial charge in [0.15, 0.2) is 0 Å². The van der Waals surface area contributed by atoms with Crippen LogP contribution >= 0.6 is 23.2 Å². The quantitative estimate of drug-likeness (QED) is 0.539. The Morgan fingerprint density at radius 2 is 1.72 bits per heavy atom. The molecule has 7 nitrogen and oxygen atoms in total. The zero-order valence-corrected chi connectivity index (χ0v) is 19.7. The number of halogens is 2. The van der Waals surface area contributed by atoms with Crippen LogP contribution in [0.3, 0.4) is 0 Å². The van der Waals surface area contributed by atoms with Crippen LogP contribution in [0.25, 0.3) is 11.0 Å². The number of benzene rings is 2. The van der Waals surface area contributed by atoms with E-state index in [1.54, 1.807) is 0 Å². The average molecular weight is 497 g/mol. The number of fused-ring (bicyclic) bond motifs is 1. The number of piperazine rings is 1. The minimum Gasteiger partial charge on any atom is -0.508 e. The summed E-state index contributed by atoms with van der Waals surface area (Å²) >= 11 is 11.9. The number of nitrogens with zero attached hydrogens (tertiary/aromatic N) is 2. The Morgan fingerprint density at radius 3 is 2.38 bits per heavy atom. The van der Waals surface area contributed by atoms with E-state index >= 15 is 0 Å². The van der Waals surface area contributed by atoms with Gasteiger partial charge in [0.2, 0.25) is 10.0 Å². The molecule has 0 bridgehead atoms. The van der Waals surface area contributed by atoms with E-state index in [-0.39, 0.29) is 15.7 Å². The lowest BCUT2D eigenvalue weighted by Gasteiger charge is -2.34. The van der Waals surface area contributed by atoms with Crippen molar-refractivity contribution in [3.63, 3.8) is 0 Å². The van der Waals surface area contributed by atoms with Gasteiger partial charge in [-0.2, -0.15) is 4.31 Å². The normalized spacial score (nSPS) is 16.0. The molecule has 1 aromatic heterocycles. The van der Waals surface area contributed by atoms with Crippen molar-refractivity contribution in [2.75, 3.05) is 26.2 Å². The van der Waals surface area contributed by atoms with Crippen molar-refractivity contribution in [3.8, 4) is 5.75 Å². The highest BCUT2D eigenvalue weighted by Crippen LogP contribution is 2.29. The van der Waals surface area contributed by atoms with Crippen molar-refractivity contribution in [2.24, 2.45) is 0 Å². The van der Waals surface area contributed by atoms with E-state index < -0.39 is 15.6 Å². The Balaban J connectivity index is 1.52. The average Bonchev–Trinajstić information content (AvgIpc) is 2.75. The van der Waals surface area contributed by atoms with E-state index in [1.165, 1.54) is 34.6 Å². The van der Waals surface area contributed by atoms with Gasteiger partial charge in [-0.15, -0.1) is 0 Å². The number of aromatic hydroxyl groups is 1. The number of sulfonamides is 1. The third-order valence-corrected chi connectivity index (χ3v) is 8.30. The van der Waals surface area contributed by atoms with Gasteiger partial charge < -0.3 is 9.52 Å². The standard InChI is InChI=1S/C22H22Cl2N2O5S/c1-2-14-9-17-15(10-22(28)31-21(17)12-20(14)27)13-25-5-7-26(8-6-25)32(29,30)16-3-4-18(23)19(24)11-16/h3-4,9-12,27H,2,5-8,13H2,1H3. The van der Waals surface area contributed by atoms with Gasteiger partial charge in [-0.3, -0.25) is 4.90 Å². The molecule has 10 heteroatoms. The topological polar surface area (TPSA) is 91.1 Å². The predicted molar refractivity (Wildman–Crippen MR) is 124 cm³/mol. The van der Waals surface area contributed by atoms with Gasteiger partial charge in [-0.05, 0) is 41.8 Å². The molecule has 2 heterocycles. The van der Waals surface area contributed by atoms with E-state index in [2.05, 4.69) is 4.90 Å². The number of aryl methyl sites for hydroxylation is 1. The van der Waals surface area contributed by atoms with Gasteiger partial charge in [0.25, 0.3) is 0 Å². The highest BCUT2D eigenvalue weighted by molar-refractivity contribution is 7.89. The molecule has 1 aliphatic heterocycles. The minimum atomic E-state index is -3.68. The zero-order valence-electron chi connectivity index (χ0n) is 17.3. The zero-order chi connectivity index (χ0) is 23.0. The summed E-state index contributed by atoms with van der Waals surface area (Å²) in [5, 5.41) is 11.4. The number of rotatable bonds is 5. The Labute approximate surface area is 195 Å². The van der Waals surface area contributed by atoms with E-state index in [0.29, 0.717) is 49.8 Å². The second-order valence-corrected chi connectivity index (χ2v) is 10.4. The monoisotopic (exact) mass is 496 g/mol. The number of hydrogen-bond donors (Lipinski definition) is 1. The molecule has 32 heavy (non-hydrogen) atoms. The van der Waals surface area contributed by atoms with E-state index in [4.69, 9.17) is 27.6 Å². The van der Waals surface area contributed by atoms with Crippen LogP contribution in [0.1, 0.15) is 18.1 Å². The molecule has 1 aliphatic rings. The van der Waals surface area contributed by atoms with Crippen LogP contribution in [0.5, 0.6) is 5.75 Å². The summed E-state index contributed by atoms with van der Waals surface area (Å²) in [6.45, 7) is 4.03. The van der Waals surface area contributed by atoms with Gasteiger partial charge >= 0.3 is 5.63 Å². The molecule has 1 saturated heterocycles. The van der Waals surface area contributed by atoms with E-state index in [1.807, 2.05) is 13.0 Å². The van der Waals surface area contributed by atoms with Crippen LogP contribution in [0.2, 0.25) is 10.0 Å². The highest BCUT2D eigenvalue weighted by Gasteiger charge is 2.29. The molecule has 1 N–H and O–H groups in total. The van der Waals surface area contributed by atoms with Crippen molar-refractivity contribution < 1.29 is 17.9 Å². The summed E-state index contributed by atoms with van der Waals surface area (Å²) in [6, 6.07) is 9.06. The lowest BCUT2D eigenvalue weighted by molar-refractivity contribution is 0.182. The van der Waals surface area contributed by atoms with Crippen molar-refractivity contribution in [2.45, 2.75) is 24.8 Å². The summed E-state index contributed by atoms with van der Waals surface area (Å²) in [6.07, 6.45) is 0.644. The van der Waals surface area contributed by atoms with Crippen LogP contribution in [0.4, 0.5) is 0 Å². The Kier molecular flexibility index (Phi) is 6.51. The maximum absolute atomic E-state index is 13.0. The maximum Gasteiger partial charge on any atom is 0.336 e. The first-order chi connectivity index (χ1) is 15.2. The van der Waals surface area contributed by atoms with Gasteiger partial charge in [0.1, 0.15) is 11.3 Å². The fraction of sp³-hybridized carbons (Fsp3) is 0.318. The summed E-state index contributed by atoms with van der Waals surface area (Å²) in [5.41, 5.74) is 1.40. The molecule has 0 spiro atoms. The summed E-state index contributed by atoms with van der Waals surface area (Å²) in [5.74, 6) is 0.0985.